The maximum absolute atomic E-state index is 12.6. The summed E-state index contributed by atoms with van der Waals surface area (Å²) in [5.41, 5.74) is 5.70. The van der Waals surface area contributed by atoms with Crippen LogP contribution in [0.4, 0.5) is 5.69 Å². The normalized spacial score (nSPS) is 12.4. The van der Waals surface area contributed by atoms with E-state index in [1.165, 1.54) is 0 Å². The second-order valence-corrected chi connectivity index (χ2v) is 8.20. The molecule has 166 valence electrons. The Balaban J connectivity index is 1.30. The number of ether oxygens (including phenoxy) is 2. The number of aryl methyl sites for hydroxylation is 2. The summed E-state index contributed by atoms with van der Waals surface area (Å²) in [6, 6.07) is 16.6. The number of anilines is 1. The van der Waals surface area contributed by atoms with Crippen molar-refractivity contribution in [3.05, 3.63) is 71.3 Å². The van der Waals surface area contributed by atoms with Crippen molar-refractivity contribution in [3.63, 3.8) is 0 Å². The van der Waals surface area contributed by atoms with Gasteiger partial charge in [-0.25, -0.2) is 4.98 Å². The van der Waals surface area contributed by atoms with Crippen LogP contribution in [-0.2, 0) is 0 Å². The highest BCUT2D eigenvalue weighted by Gasteiger charge is 2.16. The minimum absolute atomic E-state index is 0.177. The number of hydrogen-bond acceptors (Lipinski definition) is 6. The van der Waals surface area contributed by atoms with Gasteiger partial charge in [-0.3, -0.25) is 10.1 Å². The number of rotatable bonds is 3. The fraction of sp³-hybridized carbons (Fsp3) is 0.160. The lowest BCUT2D eigenvalue weighted by molar-refractivity contribution is 0.0976. The molecule has 0 saturated carbocycles. The molecule has 2 heterocycles. The first-order valence-corrected chi connectivity index (χ1v) is 10.9. The Bertz CT molecular complexity index is 1400. The molecule has 0 saturated heterocycles. The van der Waals surface area contributed by atoms with Gasteiger partial charge in [-0.05, 0) is 79.7 Å². The molecule has 33 heavy (non-hydrogen) atoms. The fourth-order valence-corrected chi connectivity index (χ4v) is 3.96. The minimum atomic E-state index is -0.342. The van der Waals surface area contributed by atoms with Crippen molar-refractivity contribution in [2.24, 2.45) is 0 Å². The molecule has 5 rings (SSSR count). The second-order valence-electron chi connectivity index (χ2n) is 7.80. The number of nitrogens with zero attached hydrogens (tertiary/aromatic N) is 1. The lowest BCUT2D eigenvalue weighted by Crippen LogP contribution is -2.34. The van der Waals surface area contributed by atoms with E-state index in [1.54, 1.807) is 18.2 Å². The molecule has 1 amide bonds. The number of carbonyl (C=O) groups is 1. The van der Waals surface area contributed by atoms with Crippen LogP contribution in [0.3, 0.4) is 0 Å². The smallest absolute Gasteiger partial charge is 0.257 e. The largest absolute Gasteiger partial charge is 0.486 e. The van der Waals surface area contributed by atoms with Crippen molar-refractivity contribution in [1.82, 2.24) is 10.3 Å². The van der Waals surface area contributed by atoms with Gasteiger partial charge in [0, 0.05) is 16.8 Å². The summed E-state index contributed by atoms with van der Waals surface area (Å²) >= 11 is 5.34. The van der Waals surface area contributed by atoms with Gasteiger partial charge >= 0.3 is 0 Å². The van der Waals surface area contributed by atoms with E-state index < -0.39 is 0 Å². The van der Waals surface area contributed by atoms with Crippen LogP contribution >= 0.6 is 12.2 Å². The Kier molecular flexibility index (Phi) is 5.43. The van der Waals surface area contributed by atoms with E-state index in [0.29, 0.717) is 41.9 Å². The summed E-state index contributed by atoms with van der Waals surface area (Å²) in [4.78, 5) is 17.2. The number of oxazole rings is 1. The lowest BCUT2D eigenvalue weighted by atomic mass is 10.1. The number of aromatic nitrogens is 1. The molecule has 1 aliphatic heterocycles. The average Bonchev–Trinajstić information content (AvgIpc) is 3.23. The fourth-order valence-electron chi connectivity index (χ4n) is 3.75. The van der Waals surface area contributed by atoms with Crippen LogP contribution < -0.4 is 20.1 Å². The van der Waals surface area contributed by atoms with Crippen molar-refractivity contribution < 1.29 is 18.7 Å². The Morgan fingerprint density at radius 1 is 1.00 bits per heavy atom. The van der Waals surface area contributed by atoms with Crippen LogP contribution in [0.15, 0.2) is 59.0 Å². The maximum Gasteiger partial charge on any atom is 0.257 e. The molecule has 3 aromatic carbocycles. The van der Waals surface area contributed by atoms with Crippen molar-refractivity contribution in [1.29, 1.82) is 0 Å². The van der Waals surface area contributed by atoms with Crippen LogP contribution in [0.25, 0.3) is 22.6 Å². The van der Waals surface area contributed by atoms with Gasteiger partial charge in [0.2, 0.25) is 5.89 Å². The van der Waals surface area contributed by atoms with Crippen molar-refractivity contribution in [2.75, 3.05) is 18.5 Å². The Hall–Kier alpha value is -3.91. The van der Waals surface area contributed by atoms with Gasteiger partial charge in [0.1, 0.15) is 18.7 Å². The summed E-state index contributed by atoms with van der Waals surface area (Å²) in [7, 11) is 0. The Morgan fingerprint density at radius 3 is 2.67 bits per heavy atom. The molecule has 0 aliphatic carbocycles. The van der Waals surface area contributed by atoms with E-state index in [4.69, 9.17) is 26.1 Å². The predicted octanol–water partition coefficient (Wildman–Crippen LogP) is 5.01. The van der Waals surface area contributed by atoms with E-state index >= 15 is 0 Å². The van der Waals surface area contributed by atoms with Gasteiger partial charge in [0.05, 0.1) is 0 Å². The summed E-state index contributed by atoms with van der Waals surface area (Å²) in [5, 5.41) is 5.91. The Labute approximate surface area is 195 Å². The number of amides is 1. The zero-order valence-corrected chi connectivity index (χ0v) is 18.9. The highest BCUT2D eigenvalue weighted by atomic mass is 32.1. The quantitative estimate of drug-likeness (QED) is 0.417. The van der Waals surface area contributed by atoms with Crippen LogP contribution in [0.1, 0.15) is 21.5 Å². The van der Waals surface area contributed by atoms with Crippen LogP contribution in [0, 0.1) is 13.8 Å². The van der Waals surface area contributed by atoms with E-state index in [2.05, 4.69) is 21.7 Å². The standard InChI is InChI=1S/C25H21N3O4S/c1-14-10-15(2)22-19(11-14)27-24(32-22)17-4-3-5-18(12-17)26-25(33)28-23(29)16-6-7-20-21(13-16)31-9-8-30-20/h3-7,10-13H,8-9H2,1-2H3,(H2,26,28,29,33). The summed E-state index contributed by atoms with van der Waals surface area (Å²) in [6.45, 7) is 4.98. The average molecular weight is 460 g/mol. The molecule has 1 aliphatic rings. The molecule has 0 bridgehead atoms. The van der Waals surface area contributed by atoms with E-state index in [-0.39, 0.29) is 11.0 Å². The van der Waals surface area contributed by atoms with Gasteiger partial charge in [-0.1, -0.05) is 12.1 Å². The molecule has 0 atom stereocenters. The topological polar surface area (TPSA) is 85.6 Å². The van der Waals surface area contributed by atoms with E-state index in [9.17, 15) is 4.79 Å². The SMILES string of the molecule is Cc1cc(C)c2oc(-c3cccc(NC(=S)NC(=O)c4ccc5c(c4)OCCO5)c3)nc2c1. The van der Waals surface area contributed by atoms with Gasteiger partial charge in [0.15, 0.2) is 22.2 Å². The van der Waals surface area contributed by atoms with Gasteiger partial charge < -0.3 is 19.2 Å². The highest BCUT2D eigenvalue weighted by Crippen LogP contribution is 2.31. The third-order valence-corrected chi connectivity index (χ3v) is 5.42. The summed E-state index contributed by atoms with van der Waals surface area (Å²) in [6.07, 6.45) is 0. The summed E-state index contributed by atoms with van der Waals surface area (Å²) in [5.74, 6) is 1.35. The number of benzene rings is 3. The molecule has 0 spiro atoms. The van der Waals surface area contributed by atoms with Crippen LogP contribution in [0.5, 0.6) is 11.5 Å². The molecule has 8 heteroatoms. The first kappa shape index (κ1) is 21.0. The molecule has 0 unspecified atom stereocenters. The maximum atomic E-state index is 12.6. The lowest BCUT2D eigenvalue weighted by Gasteiger charge is -2.18. The number of carbonyl (C=O) groups excluding carboxylic acids is 1. The van der Waals surface area contributed by atoms with Crippen molar-refractivity contribution in [3.8, 4) is 23.0 Å². The highest BCUT2D eigenvalue weighted by molar-refractivity contribution is 7.80. The van der Waals surface area contributed by atoms with Gasteiger partial charge in [-0.2, -0.15) is 0 Å². The molecular formula is C25H21N3O4S. The monoisotopic (exact) mass is 459 g/mol. The van der Waals surface area contributed by atoms with E-state index in [1.807, 2.05) is 44.2 Å². The molecular weight excluding hydrogens is 438 g/mol. The van der Waals surface area contributed by atoms with Gasteiger partial charge in [-0.15, -0.1) is 0 Å². The zero-order chi connectivity index (χ0) is 22.9. The molecule has 0 radical (unpaired) electrons. The molecule has 2 N–H and O–H groups in total. The van der Waals surface area contributed by atoms with Crippen LogP contribution in [0.2, 0.25) is 0 Å². The third-order valence-electron chi connectivity index (χ3n) is 5.22. The van der Waals surface area contributed by atoms with Crippen molar-refractivity contribution in [2.45, 2.75) is 13.8 Å². The van der Waals surface area contributed by atoms with E-state index in [0.717, 1.165) is 27.8 Å². The third kappa shape index (κ3) is 4.38. The molecule has 4 aromatic rings. The zero-order valence-electron chi connectivity index (χ0n) is 18.1. The number of fused-ring (bicyclic) bond motifs is 2. The first-order chi connectivity index (χ1) is 16.0. The predicted molar refractivity (Wildman–Crippen MR) is 130 cm³/mol. The number of thiocarbonyl (C=S) groups is 1. The number of nitrogens with one attached hydrogen (secondary N) is 2. The molecule has 0 fully saturated rings. The Morgan fingerprint density at radius 2 is 1.82 bits per heavy atom. The van der Waals surface area contributed by atoms with Crippen molar-refractivity contribution >= 4 is 40.0 Å². The molecule has 7 nitrogen and oxygen atoms in total. The number of hydrogen-bond donors (Lipinski definition) is 2. The first-order valence-electron chi connectivity index (χ1n) is 10.5. The minimum Gasteiger partial charge on any atom is -0.486 e. The second kappa shape index (κ2) is 8.55. The molecule has 1 aromatic heterocycles. The van der Waals surface area contributed by atoms with Crippen LogP contribution in [-0.4, -0.2) is 29.2 Å². The summed E-state index contributed by atoms with van der Waals surface area (Å²) < 4.78 is 17.0. The van der Waals surface area contributed by atoms with Gasteiger partial charge in [0.25, 0.3) is 5.91 Å².